The highest BCUT2D eigenvalue weighted by Gasteiger charge is 2.28. The number of hydrogen-bond acceptors (Lipinski definition) is 1. The molecule has 4 rings (SSSR count). The lowest BCUT2D eigenvalue weighted by molar-refractivity contribution is 0.220. The summed E-state index contributed by atoms with van der Waals surface area (Å²) in [5.41, 5.74) is 5.89. The highest BCUT2D eigenvalue weighted by molar-refractivity contribution is 5.86. The molecule has 0 amide bonds. The van der Waals surface area contributed by atoms with Crippen LogP contribution in [-0.4, -0.2) is 16.0 Å². The second-order valence-electron chi connectivity index (χ2n) is 6.68. The van der Waals surface area contributed by atoms with E-state index in [1.54, 1.807) is 5.56 Å². The van der Waals surface area contributed by atoms with Gasteiger partial charge in [0.1, 0.15) is 0 Å². The van der Waals surface area contributed by atoms with Crippen LogP contribution in [0.1, 0.15) is 36.6 Å². The summed E-state index contributed by atoms with van der Waals surface area (Å²) in [7, 11) is 0. The van der Waals surface area contributed by atoms with E-state index in [0.29, 0.717) is 5.92 Å². The van der Waals surface area contributed by atoms with Crippen LogP contribution in [0.15, 0.2) is 54.6 Å². The molecule has 0 saturated heterocycles. The van der Waals surface area contributed by atoms with E-state index in [2.05, 4.69) is 77.9 Å². The second kappa shape index (κ2) is 5.86. The van der Waals surface area contributed by atoms with Crippen LogP contribution >= 0.6 is 0 Å². The zero-order valence-electron chi connectivity index (χ0n) is 14.0. The third-order valence-corrected chi connectivity index (χ3v) is 5.09. The first kappa shape index (κ1) is 14.5. The number of fused-ring (bicyclic) bond motifs is 3. The lowest BCUT2D eigenvalue weighted by Crippen LogP contribution is -2.33. The van der Waals surface area contributed by atoms with E-state index < -0.39 is 0 Å². The van der Waals surface area contributed by atoms with Gasteiger partial charge in [-0.2, -0.15) is 0 Å². The summed E-state index contributed by atoms with van der Waals surface area (Å²) in [6, 6.07) is 19.7. The Morgan fingerprint density at radius 3 is 2.52 bits per heavy atom. The van der Waals surface area contributed by atoms with E-state index in [-0.39, 0.29) is 0 Å². The molecule has 118 valence electrons. The second-order valence-corrected chi connectivity index (χ2v) is 6.68. The molecule has 1 atom stereocenters. The first-order valence-electron chi connectivity index (χ1n) is 8.64. The van der Waals surface area contributed by atoms with Gasteiger partial charge in [0, 0.05) is 42.8 Å². The molecule has 1 aliphatic heterocycles. The lowest BCUT2D eigenvalue weighted by Gasteiger charge is -2.32. The van der Waals surface area contributed by atoms with Crippen LogP contribution < -0.4 is 0 Å². The van der Waals surface area contributed by atoms with Crippen molar-refractivity contribution in [2.45, 2.75) is 39.4 Å². The van der Waals surface area contributed by atoms with Gasteiger partial charge in [-0.05, 0) is 30.0 Å². The first-order chi connectivity index (χ1) is 11.3. The van der Waals surface area contributed by atoms with Crippen molar-refractivity contribution in [2.24, 2.45) is 0 Å². The smallest absolute Gasteiger partial charge is 0.0485 e. The van der Waals surface area contributed by atoms with Gasteiger partial charge in [0.25, 0.3) is 0 Å². The molecule has 3 aromatic rings. The summed E-state index contributed by atoms with van der Waals surface area (Å²) in [4.78, 5) is 2.59. The first-order valence-corrected chi connectivity index (χ1v) is 8.64. The number of aryl methyl sites for hydroxylation is 1. The van der Waals surface area contributed by atoms with Crippen LogP contribution in [0.4, 0.5) is 0 Å². The Labute approximate surface area is 138 Å². The molecule has 0 radical (unpaired) electrons. The van der Waals surface area contributed by atoms with E-state index in [0.717, 1.165) is 26.2 Å². The average Bonchev–Trinajstić information content (AvgIpc) is 2.89. The average molecular weight is 304 g/mol. The van der Waals surface area contributed by atoms with Gasteiger partial charge in [0.05, 0.1) is 0 Å². The zero-order chi connectivity index (χ0) is 15.8. The van der Waals surface area contributed by atoms with Gasteiger partial charge >= 0.3 is 0 Å². The van der Waals surface area contributed by atoms with Gasteiger partial charge < -0.3 is 4.57 Å². The summed E-state index contributed by atoms with van der Waals surface area (Å²) in [6.07, 6.45) is 0. The van der Waals surface area contributed by atoms with Crippen LogP contribution in [0.2, 0.25) is 0 Å². The normalized spacial score (nSPS) is 18.3. The van der Waals surface area contributed by atoms with Crippen molar-refractivity contribution in [3.63, 3.8) is 0 Å². The number of aromatic nitrogens is 1. The molecule has 0 spiro atoms. The zero-order valence-corrected chi connectivity index (χ0v) is 14.0. The van der Waals surface area contributed by atoms with Crippen molar-refractivity contribution >= 4 is 10.9 Å². The van der Waals surface area contributed by atoms with Crippen molar-refractivity contribution in [1.29, 1.82) is 0 Å². The Morgan fingerprint density at radius 1 is 1.00 bits per heavy atom. The van der Waals surface area contributed by atoms with E-state index in [4.69, 9.17) is 0 Å². The van der Waals surface area contributed by atoms with E-state index in [1.807, 2.05) is 0 Å². The van der Waals surface area contributed by atoms with Gasteiger partial charge in [0.15, 0.2) is 0 Å². The quantitative estimate of drug-likeness (QED) is 0.676. The van der Waals surface area contributed by atoms with E-state index in [1.165, 1.54) is 22.2 Å². The van der Waals surface area contributed by atoms with Crippen molar-refractivity contribution in [3.05, 3.63) is 71.4 Å². The van der Waals surface area contributed by atoms with Crippen molar-refractivity contribution < 1.29 is 0 Å². The molecule has 0 saturated carbocycles. The standard InChI is InChI=1S/C21H24N2/c1-3-23-19-12-8-7-11-18(19)21-16(2)13-22(15-20(21)23)14-17-9-5-4-6-10-17/h4-12,16H,3,13-15H2,1-2H3. The Hall–Kier alpha value is -2.06. The molecular weight excluding hydrogens is 280 g/mol. The maximum Gasteiger partial charge on any atom is 0.0485 e. The van der Waals surface area contributed by atoms with Crippen LogP contribution in [0.25, 0.3) is 10.9 Å². The van der Waals surface area contributed by atoms with Crippen molar-refractivity contribution in [1.82, 2.24) is 9.47 Å². The minimum atomic E-state index is 0.583. The summed E-state index contributed by atoms with van der Waals surface area (Å²) >= 11 is 0. The Balaban J connectivity index is 1.73. The predicted molar refractivity (Wildman–Crippen MR) is 96.6 cm³/mol. The monoisotopic (exact) mass is 304 g/mol. The molecule has 1 aromatic heterocycles. The fourth-order valence-corrected chi connectivity index (χ4v) is 4.18. The highest BCUT2D eigenvalue weighted by atomic mass is 15.2. The van der Waals surface area contributed by atoms with Crippen LogP contribution in [-0.2, 0) is 19.6 Å². The molecule has 2 heteroatoms. The molecular formula is C21H24N2. The topological polar surface area (TPSA) is 8.17 Å². The number of rotatable bonds is 3. The molecule has 23 heavy (non-hydrogen) atoms. The summed E-state index contributed by atoms with van der Waals surface area (Å²) in [5.74, 6) is 0.583. The molecule has 1 unspecified atom stereocenters. The maximum absolute atomic E-state index is 2.59. The summed E-state index contributed by atoms with van der Waals surface area (Å²) < 4.78 is 2.51. The Bertz CT molecular complexity index is 816. The number of nitrogens with zero attached hydrogens (tertiary/aromatic N) is 2. The molecule has 1 aliphatic rings. The van der Waals surface area contributed by atoms with Crippen molar-refractivity contribution in [3.8, 4) is 0 Å². The van der Waals surface area contributed by atoms with Crippen molar-refractivity contribution in [2.75, 3.05) is 6.54 Å². The molecule has 0 N–H and O–H groups in total. The summed E-state index contributed by atoms with van der Waals surface area (Å²) in [5, 5.41) is 1.45. The largest absolute Gasteiger partial charge is 0.343 e. The summed E-state index contributed by atoms with van der Waals surface area (Å²) in [6.45, 7) is 8.91. The minimum absolute atomic E-state index is 0.583. The van der Waals surface area contributed by atoms with Crippen LogP contribution in [0, 0.1) is 0 Å². The third-order valence-electron chi connectivity index (χ3n) is 5.09. The van der Waals surface area contributed by atoms with Crippen LogP contribution in [0.5, 0.6) is 0 Å². The van der Waals surface area contributed by atoms with E-state index >= 15 is 0 Å². The number of para-hydroxylation sites is 1. The fraction of sp³-hybridized carbons (Fsp3) is 0.333. The maximum atomic E-state index is 2.59. The molecule has 0 bridgehead atoms. The van der Waals surface area contributed by atoms with Gasteiger partial charge in [-0.3, -0.25) is 4.90 Å². The van der Waals surface area contributed by atoms with Gasteiger partial charge in [-0.15, -0.1) is 0 Å². The fourth-order valence-electron chi connectivity index (χ4n) is 4.18. The highest BCUT2D eigenvalue weighted by Crippen LogP contribution is 2.37. The number of hydrogen-bond donors (Lipinski definition) is 0. The SMILES string of the molecule is CCn1c2c(c3ccccc31)C(C)CN(Cc1ccccc1)C2. The molecule has 2 nitrogen and oxygen atoms in total. The molecule has 0 fully saturated rings. The molecule has 0 aliphatic carbocycles. The van der Waals surface area contributed by atoms with Gasteiger partial charge in [-0.25, -0.2) is 0 Å². The van der Waals surface area contributed by atoms with E-state index in [9.17, 15) is 0 Å². The molecule has 2 heterocycles. The minimum Gasteiger partial charge on any atom is -0.343 e. The van der Waals surface area contributed by atoms with Crippen LogP contribution in [0.3, 0.4) is 0 Å². The predicted octanol–water partition coefficient (Wildman–Crippen LogP) is 4.78. The third kappa shape index (κ3) is 2.47. The number of benzene rings is 2. The lowest BCUT2D eigenvalue weighted by atomic mass is 9.93. The van der Waals surface area contributed by atoms with Gasteiger partial charge in [-0.1, -0.05) is 55.5 Å². The Morgan fingerprint density at radius 2 is 1.74 bits per heavy atom. The molecule has 2 aromatic carbocycles. The Kier molecular flexibility index (Phi) is 3.70. The van der Waals surface area contributed by atoms with Gasteiger partial charge in [0.2, 0.25) is 0 Å².